The van der Waals surface area contributed by atoms with Gasteiger partial charge >= 0.3 is 0 Å². The predicted molar refractivity (Wildman–Crippen MR) is 75.1 cm³/mol. The normalized spacial score (nSPS) is 15.8. The lowest BCUT2D eigenvalue weighted by molar-refractivity contribution is 0.177. The van der Waals surface area contributed by atoms with Crippen molar-refractivity contribution in [3.8, 4) is 5.75 Å². The van der Waals surface area contributed by atoms with Crippen LogP contribution in [0.1, 0.15) is 30.1 Å². The Morgan fingerprint density at radius 3 is 2.43 bits per heavy atom. The van der Waals surface area contributed by atoms with E-state index in [-0.39, 0.29) is 6.42 Å². The van der Waals surface area contributed by atoms with Crippen LogP contribution in [0.3, 0.4) is 0 Å². The summed E-state index contributed by atoms with van der Waals surface area (Å²) in [5.74, 6) is -0.475. The molecule has 0 aromatic heterocycles. The van der Waals surface area contributed by atoms with Gasteiger partial charge in [0.05, 0.1) is 12.2 Å². The van der Waals surface area contributed by atoms with Crippen molar-refractivity contribution < 1.29 is 18.6 Å². The maximum atomic E-state index is 13.6. The van der Waals surface area contributed by atoms with Gasteiger partial charge in [-0.25, -0.2) is 8.78 Å². The number of benzene rings is 2. The third kappa shape index (κ3) is 3.58. The molecular weight excluding hydrogens is 274 g/mol. The average molecular weight is 290 g/mol. The summed E-state index contributed by atoms with van der Waals surface area (Å²) in [5, 5.41) is 10.2. The summed E-state index contributed by atoms with van der Waals surface area (Å²) in [6.07, 6.45) is 1.78. The van der Waals surface area contributed by atoms with E-state index in [0.717, 1.165) is 24.7 Å². The minimum atomic E-state index is -0.833. The highest BCUT2D eigenvalue weighted by atomic mass is 19.1. The Kier molecular flexibility index (Phi) is 3.88. The molecule has 21 heavy (non-hydrogen) atoms. The summed E-state index contributed by atoms with van der Waals surface area (Å²) in [6, 6.07) is 10.5. The number of hydrogen-bond donors (Lipinski definition) is 1. The van der Waals surface area contributed by atoms with Crippen LogP contribution in [0, 0.1) is 11.6 Å². The zero-order valence-electron chi connectivity index (χ0n) is 11.4. The second-order valence-electron chi connectivity index (χ2n) is 5.34. The van der Waals surface area contributed by atoms with Crippen LogP contribution < -0.4 is 4.74 Å². The topological polar surface area (TPSA) is 29.5 Å². The Labute approximate surface area is 122 Å². The highest BCUT2D eigenvalue weighted by Crippen LogP contribution is 2.28. The van der Waals surface area contributed by atoms with Gasteiger partial charge in [0.1, 0.15) is 17.4 Å². The Balaban J connectivity index is 1.67. The molecule has 1 aliphatic carbocycles. The molecule has 1 saturated carbocycles. The zero-order chi connectivity index (χ0) is 14.8. The van der Waals surface area contributed by atoms with Gasteiger partial charge in [0.2, 0.25) is 0 Å². The van der Waals surface area contributed by atoms with Gasteiger partial charge in [-0.15, -0.1) is 0 Å². The fourth-order valence-electron chi connectivity index (χ4n) is 2.16. The number of halogens is 2. The van der Waals surface area contributed by atoms with E-state index in [1.165, 1.54) is 12.1 Å². The van der Waals surface area contributed by atoms with E-state index in [9.17, 15) is 13.9 Å². The molecule has 0 bridgehead atoms. The van der Waals surface area contributed by atoms with Crippen molar-refractivity contribution in [2.75, 3.05) is 0 Å². The molecule has 2 aromatic rings. The quantitative estimate of drug-likeness (QED) is 0.908. The number of rotatable bonds is 5. The maximum Gasteiger partial charge on any atom is 0.129 e. The van der Waals surface area contributed by atoms with Gasteiger partial charge in [-0.1, -0.05) is 18.2 Å². The van der Waals surface area contributed by atoms with E-state index < -0.39 is 17.7 Å². The number of ether oxygens (including phenoxy) is 1. The Hall–Kier alpha value is -1.94. The second-order valence-corrected chi connectivity index (χ2v) is 5.34. The summed E-state index contributed by atoms with van der Waals surface area (Å²) in [5.41, 5.74) is 0.976. The highest BCUT2D eigenvalue weighted by Gasteiger charge is 2.23. The van der Waals surface area contributed by atoms with Crippen LogP contribution in [0.25, 0.3) is 0 Å². The molecule has 0 aliphatic heterocycles. The van der Waals surface area contributed by atoms with Gasteiger partial charge in [-0.05, 0) is 42.2 Å². The van der Waals surface area contributed by atoms with Gasteiger partial charge < -0.3 is 9.84 Å². The summed E-state index contributed by atoms with van der Waals surface area (Å²) in [4.78, 5) is 0. The van der Waals surface area contributed by atoms with Gasteiger partial charge in [0.15, 0.2) is 0 Å². The van der Waals surface area contributed by atoms with Crippen LogP contribution >= 0.6 is 0 Å². The SMILES string of the molecule is OC(Cc1ccc(F)cc1F)c1ccc(OC2CC2)cc1. The zero-order valence-corrected chi connectivity index (χ0v) is 11.4. The molecule has 0 heterocycles. The molecule has 1 unspecified atom stereocenters. The molecule has 0 saturated heterocycles. The minimum absolute atomic E-state index is 0.106. The molecule has 4 heteroatoms. The number of aliphatic hydroxyl groups excluding tert-OH is 1. The lowest BCUT2D eigenvalue weighted by Gasteiger charge is -2.13. The summed E-state index contributed by atoms with van der Waals surface area (Å²) in [7, 11) is 0. The molecule has 0 amide bonds. The van der Waals surface area contributed by atoms with Crippen molar-refractivity contribution in [1.82, 2.24) is 0 Å². The van der Waals surface area contributed by atoms with E-state index in [2.05, 4.69) is 0 Å². The third-order valence-corrected chi connectivity index (χ3v) is 3.52. The minimum Gasteiger partial charge on any atom is -0.490 e. The van der Waals surface area contributed by atoms with E-state index in [4.69, 9.17) is 4.74 Å². The van der Waals surface area contributed by atoms with Gasteiger partial charge in [-0.2, -0.15) is 0 Å². The lowest BCUT2D eigenvalue weighted by atomic mass is 10.0. The van der Waals surface area contributed by atoms with Crippen molar-refractivity contribution in [3.63, 3.8) is 0 Å². The molecule has 0 radical (unpaired) electrons. The molecule has 1 fully saturated rings. The average Bonchev–Trinajstić information content (AvgIpc) is 3.26. The van der Waals surface area contributed by atoms with Crippen molar-refractivity contribution in [2.24, 2.45) is 0 Å². The molecule has 1 atom stereocenters. The van der Waals surface area contributed by atoms with Crippen molar-refractivity contribution in [1.29, 1.82) is 0 Å². The molecular formula is C17H16F2O2. The predicted octanol–water partition coefficient (Wildman–Crippen LogP) is 3.78. The molecule has 0 spiro atoms. The van der Waals surface area contributed by atoms with Crippen LogP contribution in [0.15, 0.2) is 42.5 Å². The van der Waals surface area contributed by atoms with Crippen molar-refractivity contribution >= 4 is 0 Å². The van der Waals surface area contributed by atoms with E-state index in [0.29, 0.717) is 17.2 Å². The molecule has 1 N–H and O–H groups in total. The molecule has 1 aliphatic rings. The molecule has 2 nitrogen and oxygen atoms in total. The van der Waals surface area contributed by atoms with Gasteiger partial charge in [-0.3, -0.25) is 0 Å². The fraction of sp³-hybridized carbons (Fsp3) is 0.294. The van der Waals surface area contributed by atoms with Crippen LogP contribution in [-0.4, -0.2) is 11.2 Å². The Morgan fingerprint density at radius 2 is 1.81 bits per heavy atom. The molecule has 110 valence electrons. The van der Waals surface area contributed by atoms with E-state index in [1.54, 1.807) is 24.3 Å². The van der Waals surface area contributed by atoms with Crippen LogP contribution in [-0.2, 0) is 6.42 Å². The van der Waals surface area contributed by atoms with E-state index >= 15 is 0 Å². The van der Waals surface area contributed by atoms with Gasteiger partial charge in [0.25, 0.3) is 0 Å². The van der Waals surface area contributed by atoms with Crippen molar-refractivity contribution in [2.45, 2.75) is 31.5 Å². The summed E-state index contributed by atoms with van der Waals surface area (Å²) >= 11 is 0. The molecule has 3 rings (SSSR count). The third-order valence-electron chi connectivity index (χ3n) is 3.52. The van der Waals surface area contributed by atoms with Crippen molar-refractivity contribution in [3.05, 3.63) is 65.2 Å². The van der Waals surface area contributed by atoms with Crippen LogP contribution in [0.5, 0.6) is 5.75 Å². The van der Waals surface area contributed by atoms with Crippen LogP contribution in [0.4, 0.5) is 8.78 Å². The lowest BCUT2D eigenvalue weighted by Crippen LogP contribution is -2.04. The largest absolute Gasteiger partial charge is 0.490 e. The molecule has 2 aromatic carbocycles. The fourth-order valence-corrected chi connectivity index (χ4v) is 2.16. The Morgan fingerprint density at radius 1 is 1.10 bits per heavy atom. The summed E-state index contributed by atoms with van der Waals surface area (Å²) in [6.45, 7) is 0. The first-order valence-corrected chi connectivity index (χ1v) is 7.00. The number of aliphatic hydroxyl groups is 1. The Bertz CT molecular complexity index is 621. The highest BCUT2D eigenvalue weighted by molar-refractivity contribution is 5.30. The second kappa shape index (κ2) is 5.82. The maximum absolute atomic E-state index is 13.6. The van der Waals surface area contributed by atoms with Gasteiger partial charge in [0, 0.05) is 12.5 Å². The van der Waals surface area contributed by atoms with Crippen LogP contribution in [0.2, 0.25) is 0 Å². The van der Waals surface area contributed by atoms with E-state index in [1.807, 2.05) is 0 Å². The number of hydrogen-bond acceptors (Lipinski definition) is 2. The monoisotopic (exact) mass is 290 g/mol. The first kappa shape index (κ1) is 14.0. The first-order chi connectivity index (χ1) is 10.1. The smallest absolute Gasteiger partial charge is 0.129 e. The first-order valence-electron chi connectivity index (χ1n) is 7.00. The standard InChI is InChI=1S/C17H16F2O2/c18-13-4-1-12(16(19)10-13)9-17(20)11-2-5-14(6-3-11)21-15-7-8-15/h1-6,10,15,17,20H,7-9H2. The summed E-state index contributed by atoms with van der Waals surface area (Å²) < 4.78 is 32.0.